The summed E-state index contributed by atoms with van der Waals surface area (Å²) >= 11 is 0. The molecule has 3 rings (SSSR count). The Labute approximate surface area is 165 Å². The number of guanidine groups is 1. The van der Waals surface area contributed by atoms with E-state index in [1.54, 1.807) is 0 Å². The van der Waals surface area contributed by atoms with Crippen molar-refractivity contribution in [3.05, 3.63) is 35.9 Å². The molecule has 1 aliphatic carbocycles. The van der Waals surface area contributed by atoms with Crippen LogP contribution in [0.4, 0.5) is 0 Å². The van der Waals surface area contributed by atoms with Gasteiger partial charge in [-0.25, -0.2) is 0 Å². The van der Waals surface area contributed by atoms with Crippen molar-refractivity contribution < 1.29 is 0 Å². The van der Waals surface area contributed by atoms with Gasteiger partial charge >= 0.3 is 0 Å². The van der Waals surface area contributed by atoms with E-state index in [9.17, 15) is 0 Å². The topological polar surface area (TPSA) is 42.9 Å². The molecule has 2 aliphatic rings. The first-order valence-electron chi connectivity index (χ1n) is 10.6. The van der Waals surface area contributed by atoms with E-state index in [4.69, 9.17) is 0 Å². The maximum Gasteiger partial charge on any atom is 0.191 e. The van der Waals surface area contributed by atoms with Crippen LogP contribution in [0.2, 0.25) is 0 Å². The van der Waals surface area contributed by atoms with E-state index in [-0.39, 0.29) is 0 Å². The highest BCUT2D eigenvalue weighted by Crippen LogP contribution is 2.43. The third-order valence-corrected chi connectivity index (χ3v) is 6.30. The molecule has 1 aliphatic heterocycles. The molecule has 0 bridgehead atoms. The van der Waals surface area contributed by atoms with Gasteiger partial charge in [-0.05, 0) is 44.8 Å². The SMILES string of the molecule is CN=C(NCCCCN1CCN(C)CC1)NCC1(c2ccccc2)CCC1. The minimum Gasteiger partial charge on any atom is -0.356 e. The lowest BCUT2D eigenvalue weighted by Crippen LogP contribution is -2.49. The van der Waals surface area contributed by atoms with Crippen molar-refractivity contribution in [3.8, 4) is 0 Å². The van der Waals surface area contributed by atoms with Crippen molar-refractivity contribution in [1.82, 2.24) is 20.4 Å². The summed E-state index contributed by atoms with van der Waals surface area (Å²) in [6.07, 6.45) is 6.31. The summed E-state index contributed by atoms with van der Waals surface area (Å²) < 4.78 is 0. The lowest BCUT2D eigenvalue weighted by molar-refractivity contribution is 0.152. The van der Waals surface area contributed by atoms with Crippen LogP contribution in [0.15, 0.2) is 35.3 Å². The maximum atomic E-state index is 4.42. The third kappa shape index (κ3) is 5.69. The Bertz CT molecular complexity index is 574. The van der Waals surface area contributed by atoms with Gasteiger partial charge in [0.05, 0.1) is 0 Å². The van der Waals surface area contributed by atoms with Gasteiger partial charge in [-0.2, -0.15) is 0 Å². The molecule has 0 amide bonds. The molecule has 1 aromatic rings. The normalized spacial score (nSPS) is 20.9. The van der Waals surface area contributed by atoms with Gasteiger partial charge in [0.15, 0.2) is 5.96 Å². The average molecular weight is 372 g/mol. The zero-order valence-corrected chi connectivity index (χ0v) is 17.2. The molecule has 5 nitrogen and oxygen atoms in total. The van der Waals surface area contributed by atoms with Crippen molar-refractivity contribution in [2.24, 2.45) is 4.99 Å². The van der Waals surface area contributed by atoms with E-state index in [1.165, 1.54) is 70.4 Å². The number of rotatable bonds is 8. The highest BCUT2D eigenvalue weighted by atomic mass is 15.2. The first kappa shape index (κ1) is 20.2. The van der Waals surface area contributed by atoms with Crippen molar-refractivity contribution in [2.45, 2.75) is 37.5 Å². The number of nitrogens with one attached hydrogen (secondary N) is 2. The molecular weight excluding hydrogens is 334 g/mol. The summed E-state index contributed by atoms with van der Waals surface area (Å²) in [7, 11) is 4.08. The van der Waals surface area contributed by atoms with Crippen molar-refractivity contribution >= 4 is 5.96 Å². The Balaban J connectivity index is 1.34. The lowest BCUT2D eigenvalue weighted by Gasteiger charge is -2.43. The molecule has 0 aromatic heterocycles. The smallest absolute Gasteiger partial charge is 0.191 e. The summed E-state index contributed by atoms with van der Waals surface area (Å²) in [4.78, 5) is 9.42. The molecule has 0 radical (unpaired) electrons. The fourth-order valence-electron chi connectivity index (χ4n) is 4.17. The Morgan fingerprint density at radius 3 is 2.41 bits per heavy atom. The van der Waals surface area contributed by atoms with Gasteiger partial charge in [0.2, 0.25) is 0 Å². The number of likely N-dealkylation sites (N-methyl/N-ethyl adjacent to an activating group) is 1. The number of unbranched alkanes of at least 4 members (excludes halogenated alkanes) is 1. The lowest BCUT2D eigenvalue weighted by atomic mass is 9.64. The Kier molecular flexibility index (Phi) is 7.53. The minimum absolute atomic E-state index is 0.292. The number of nitrogens with zero attached hydrogens (tertiary/aromatic N) is 3. The highest BCUT2D eigenvalue weighted by molar-refractivity contribution is 5.79. The Hall–Kier alpha value is -1.59. The fraction of sp³-hybridized carbons (Fsp3) is 0.682. The molecule has 2 fully saturated rings. The number of hydrogen-bond donors (Lipinski definition) is 2. The second kappa shape index (κ2) is 10.1. The van der Waals surface area contributed by atoms with Crippen LogP contribution in [0.25, 0.3) is 0 Å². The van der Waals surface area contributed by atoms with E-state index < -0.39 is 0 Å². The van der Waals surface area contributed by atoms with E-state index in [1.807, 2.05) is 7.05 Å². The van der Waals surface area contributed by atoms with E-state index in [0.29, 0.717) is 5.41 Å². The molecule has 1 saturated heterocycles. The predicted molar refractivity (Wildman–Crippen MR) is 115 cm³/mol. The monoisotopic (exact) mass is 371 g/mol. The fourth-order valence-corrected chi connectivity index (χ4v) is 4.17. The van der Waals surface area contributed by atoms with Gasteiger partial charge in [-0.3, -0.25) is 4.99 Å². The van der Waals surface area contributed by atoms with Crippen molar-refractivity contribution in [3.63, 3.8) is 0 Å². The molecule has 0 unspecified atom stereocenters. The van der Waals surface area contributed by atoms with Gasteiger partial charge in [0.1, 0.15) is 0 Å². The molecule has 5 heteroatoms. The van der Waals surface area contributed by atoms with Gasteiger partial charge in [-0.1, -0.05) is 36.8 Å². The first-order valence-corrected chi connectivity index (χ1v) is 10.6. The molecule has 1 saturated carbocycles. The molecular formula is C22H37N5. The van der Waals surface area contributed by atoms with Crippen LogP contribution in [0.3, 0.4) is 0 Å². The second-order valence-corrected chi connectivity index (χ2v) is 8.20. The minimum atomic E-state index is 0.292. The van der Waals surface area contributed by atoms with Gasteiger partial charge < -0.3 is 20.4 Å². The molecule has 150 valence electrons. The van der Waals surface area contributed by atoms with Gasteiger partial charge in [-0.15, -0.1) is 0 Å². The molecule has 0 spiro atoms. The predicted octanol–water partition coefficient (Wildman–Crippen LogP) is 2.30. The summed E-state index contributed by atoms with van der Waals surface area (Å²) in [6.45, 7) is 8.03. The third-order valence-electron chi connectivity index (χ3n) is 6.30. The zero-order valence-electron chi connectivity index (χ0n) is 17.2. The molecule has 1 heterocycles. The Morgan fingerprint density at radius 1 is 1.04 bits per heavy atom. The van der Waals surface area contributed by atoms with Gasteiger partial charge in [0.25, 0.3) is 0 Å². The summed E-state index contributed by atoms with van der Waals surface area (Å²) in [5.74, 6) is 0.941. The first-order chi connectivity index (χ1) is 13.2. The quantitative estimate of drug-likeness (QED) is 0.418. The molecule has 0 atom stereocenters. The average Bonchev–Trinajstić information content (AvgIpc) is 2.67. The number of benzene rings is 1. The van der Waals surface area contributed by atoms with Crippen LogP contribution < -0.4 is 10.6 Å². The summed E-state index contributed by atoms with van der Waals surface area (Å²) in [5, 5.41) is 7.08. The largest absolute Gasteiger partial charge is 0.356 e. The van der Waals surface area contributed by atoms with E-state index >= 15 is 0 Å². The number of aliphatic imine (C=N–C) groups is 1. The summed E-state index contributed by atoms with van der Waals surface area (Å²) in [5.41, 5.74) is 1.76. The molecule has 1 aromatic carbocycles. The number of hydrogen-bond acceptors (Lipinski definition) is 3. The van der Waals surface area contributed by atoms with E-state index in [2.05, 4.69) is 62.8 Å². The number of piperazine rings is 1. The maximum absolute atomic E-state index is 4.42. The summed E-state index contributed by atoms with van der Waals surface area (Å²) in [6, 6.07) is 11.0. The molecule has 27 heavy (non-hydrogen) atoms. The highest BCUT2D eigenvalue weighted by Gasteiger charge is 2.38. The van der Waals surface area contributed by atoms with Crippen LogP contribution >= 0.6 is 0 Å². The van der Waals surface area contributed by atoms with Crippen molar-refractivity contribution in [2.75, 3.05) is 59.9 Å². The van der Waals surface area contributed by atoms with Crippen LogP contribution in [-0.4, -0.2) is 75.7 Å². The van der Waals surface area contributed by atoms with Crippen LogP contribution in [0, 0.1) is 0 Å². The van der Waals surface area contributed by atoms with Crippen LogP contribution in [0.1, 0.15) is 37.7 Å². The molecule has 2 N–H and O–H groups in total. The Morgan fingerprint density at radius 2 is 1.78 bits per heavy atom. The second-order valence-electron chi connectivity index (χ2n) is 8.20. The standard InChI is InChI=1S/C22H37N5/c1-23-21(24-13-6-7-14-27-17-15-26(2)16-18-27)25-19-22(11-8-12-22)20-9-4-3-5-10-20/h3-5,9-10H,6-8,11-19H2,1-2H3,(H2,23,24,25). The van der Waals surface area contributed by atoms with Crippen LogP contribution in [-0.2, 0) is 5.41 Å². The van der Waals surface area contributed by atoms with E-state index in [0.717, 1.165) is 19.0 Å². The van der Waals surface area contributed by atoms with Crippen molar-refractivity contribution in [1.29, 1.82) is 0 Å². The zero-order chi connectivity index (χ0) is 19.0. The van der Waals surface area contributed by atoms with Crippen LogP contribution in [0.5, 0.6) is 0 Å². The van der Waals surface area contributed by atoms with Gasteiger partial charge in [0, 0.05) is 51.7 Å².